The second-order valence-electron chi connectivity index (χ2n) is 5.63. The average molecular weight is 359 g/mol. The molecule has 0 fully saturated rings. The van der Waals surface area contributed by atoms with Gasteiger partial charge in [0.25, 0.3) is 5.91 Å². The van der Waals surface area contributed by atoms with Gasteiger partial charge in [-0.05, 0) is 37.3 Å². The van der Waals surface area contributed by atoms with Gasteiger partial charge in [0.2, 0.25) is 0 Å². The highest BCUT2D eigenvalue weighted by Gasteiger charge is 2.30. The van der Waals surface area contributed by atoms with Crippen molar-refractivity contribution in [2.45, 2.75) is 19.6 Å². The van der Waals surface area contributed by atoms with Crippen LogP contribution in [0, 0.1) is 0 Å². The molecule has 2 aromatic carbocycles. The molecule has 0 bridgehead atoms. The van der Waals surface area contributed by atoms with Crippen LogP contribution < -0.4 is 5.32 Å². The minimum atomic E-state index is -4.43. The Kier molecular flexibility index (Phi) is 4.79. The number of hydrogen-bond acceptors (Lipinski definition) is 2. The summed E-state index contributed by atoms with van der Waals surface area (Å²) in [6.07, 6.45) is -4.43. The van der Waals surface area contributed by atoms with Gasteiger partial charge in [0.15, 0.2) is 5.69 Å². The van der Waals surface area contributed by atoms with E-state index in [0.717, 1.165) is 12.1 Å². The molecule has 0 unspecified atom stereocenters. The first kappa shape index (κ1) is 17.7. The second kappa shape index (κ2) is 7.03. The number of aromatic nitrogens is 2. The third-order valence-electron chi connectivity index (χ3n) is 3.83. The van der Waals surface area contributed by atoms with Gasteiger partial charge in [-0.3, -0.25) is 9.48 Å². The predicted octanol–water partition coefficient (Wildman–Crippen LogP) is 4.84. The Morgan fingerprint density at radius 2 is 1.81 bits per heavy atom. The van der Waals surface area contributed by atoms with E-state index in [1.807, 2.05) is 13.0 Å². The van der Waals surface area contributed by atoms with Gasteiger partial charge in [0.1, 0.15) is 0 Å². The highest BCUT2D eigenvalue weighted by Crippen LogP contribution is 2.32. The monoisotopic (exact) mass is 359 g/mol. The van der Waals surface area contributed by atoms with Crippen LogP contribution in [0.3, 0.4) is 0 Å². The second-order valence-corrected chi connectivity index (χ2v) is 5.63. The van der Waals surface area contributed by atoms with Crippen LogP contribution in [0.15, 0.2) is 60.7 Å². The highest BCUT2D eigenvalue weighted by atomic mass is 19.4. The first-order valence-corrected chi connectivity index (χ1v) is 8.00. The van der Waals surface area contributed by atoms with Crippen LogP contribution >= 0.6 is 0 Å². The lowest BCUT2D eigenvalue weighted by Gasteiger charge is -2.09. The van der Waals surface area contributed by atoms with Gasteiger partial charge in [-0.25, -0.2) is 0 Å². The summed E-state index contributed by atoms with van der Waals surface area (Å²) in [7, 11) is 0. The molecule has 7 heteroatoms. The van der Waals surface area contributed by atoms with Gasteiger partial charge in [-0.1, -0.05) is 30.3 Å². The van der Waals surface area contributed by atoms with Crippen LogP contribution in [0.25, 0.3) is 11.3 Å². The average Bonchev–Trinajstić information content (AvgIpc) is 3.06. The molecule has 1 amide bonds. The Hall–Kier alpha value is -3.09. The summed E-state index contributed by atoms with van der Waals surface area (Å²) < 4.78 is 40.4. The molecule has 0 saturated heterocycles. The lowest BCUT2D eigenvalue weighted by molar-refractivity contribution is -0.137. The molecule has 0 aliphatic heterocycles. The molecule has 1 heterocycles. The van der Waals surface area contributed by atoms with Crippen molar-refractivity contribution in [3.05, 3.63) is 71.9 Å². The number of halogens is 3. The maximum atomic E-state index is 13.0. The number of carbonyl (C=O) groups excluding carboxylic acids is 1. The number of para-hydroxylation sites is 1. The normalized spacial score (nSPS) is 11.4. The molecule has 26 heavy (non-hydrogen) atoms. The number of rotatable bonds is 4. The summed E-state index contributed by atoms with van der Waals surface area (Å²) in [4.78, 5) is 12.4. The zero-order valence-corrected chi connectivity index (χ0v) is 13.9. The quantitative estimate of drug-likeness (QED) is 0.724. The van der Waals surface area contributed by atoms with E-state index in [1.54, 1.807) is 30.3 Å². The van der Waals surface area contributed by atoms with E-state index in [1.165, 1.54) is 16.8 Å². The topological polar surface area (TPSA) is 46.9 Å². The Balaban J connectivity index is 1.93. The Labute approximate surface area is 148 Å². The van der Waals surface area contributed by atoms with Crippen LogP contribution in [0.4, 0.5) is 18.9 Å². The summed E-state index contributed by atoms with van der Waals surface area (Å²) in [5.41, 5.74) is 0.825. The zero-order chi connectivity index (χ0) is 18.7. The van der Waals surface area contributed by atoms with Gasteiger partial charge in [0.05, 0.1) is 11.3 Å². The summed E-state index contributed by atoms with van der Waals surface area (Å²) >= 11 is 0. The van der Waals surface area contributed by atoms with Crippen molar-refractivity contribution in [3.8, 4) is 11.3 Å². The fraction of sp³-hybridized carbons (Fsp3) is 0.158. The highest BCUT2D eigenvalue weighted by molar-refractivity contribution is 6.03. The molecule has 0 aliphatic carbocycles. The van der Waals surface area contributed by atoms with E-state index in [9.17, 15) is 18.0 Å². The van der Waals surface area contributed by atoms with Crippen molar-refractivity contribution >= 4 is 11.6 Å². The molecular weight excluding hydrogens is 343 g/mol. The summed E-state index contributed by atoms with van der Waals surface area (Å²) in [6, 6.07) is 15.4. The van der Waals surface area contributed by atoms with Crippen LogP contribution in [-0.2, 0) is 12.7 Å². The summed E-state index contributed by atoms with van der Waals surface area (Å²) in [5, 5.41) is 6.93. The Morgan fingerprint density at radius 3 is 2.46 bits per heavy atom. The summed E-state index contributed by atoms with van der Waals surface area (Å²) in [5.74, 6) is -0.420. The molecule has 1 N–H and O–H groups in total. The largest absolute Gasteiger partial charge is 0.416 e. The molecule has 3 aromatic rings. The smallest absolute Gasteiger partial charge is 0.321 e. The van der Waals surface area contributed by atoms with E-state index < -0.39 is 17.6 Å². The number of aryl methyl sites for hydroxylation is 1. The lowest BCUT2D eigenvalue weighted by atomic mass is 10.1. The number of benzene rings is 2. The molecule has 0 atom stereocenters. The van der Waals surface area contributed by atoms with Crippen molar-refractivity contribution in [2.24, 2.45) is 0 Å². The van der Waals surface area contributed by atoms with Crippen LogP contribution in [0.1, 0.15) is 23.0 Å². The third kappa shape index (κ3) is 3.77. The van der Waals surface area contributed by atoms with E-state index in [-0.39, 0.29) is 5.69 Å². The maximum Gasteiger partial charge on any atom is 0.416 e. The maximum absolute atomic E-state index is 13.0. The molecule has 134 valence electrons. The molecule has 0 aliphatic rings. The molecule has 1 aromatic heterocycles. The van der Waals surface area contributed by atoms with Crippen molar-refractivity contribution in [2.75, 3.05) is 5.32 Å². The SMILES string of the molecule is CCn1nc(C(=O)Nc2ccccc2)cc1-c1cccc(C(F)(F)F)c1. The zero-order valence-electron chi connectivity index (χ0n) is 13.9. The van der Waals surface area contributed by atoms with Crippen molar-refractivity contribution in [3.63, 3.8) is 0 Å². The predicted molar refractivity (Wildman–Crippen MR) is 92.7 cm³/mol. The van der Waals surface area contributed by atoms with E-state index >= 15 is 0 Å². The first-order chi connectivity index (χ1) is 12.4. The fourth-order valence-electron chi connectivity index (χ4n) is 2.57. The van der Waals surface area contributed by atoms with E-state index in [2.05, 4.69) is 10.4 Å². The van der Waals surface area contributed by atoms with Crippen LogP contribution in [0.5, 0.6) is 0 Å². The van der Waals surface area contributed by atoms with E-state index in [0.29, 0.717) is 23.5 Å². The number of hydrogen-bond donors (Lipinski definition) is 1. The number of nitrogens with zero attached hydrogens (tertiary/aromatic N) is 2. The third-order valence-corrected chi connectivity index (χ3v) is 3.83. The molecule has 0 spiro atoms. The first-order valence-electron chi connectivity index (χ1n) is 8.00. The Bertz CT molecular complexity index is 917. The van der Waals surface area contributed by atoms with Crippen molar-refractivity contribution in [1.29, 1.82) is 0 Å². The van der Waals surface area contributed by atoms with Crippen LogP contribution in [0.2, 0.25) is 0 Å². The van der Waals surface area contributed by atoms with Crippen LogP contribution in [-0.4, -0.2) is 15.7 Å². The molecular formula is C19H16F3N3O. The molecule has 0 radical (unpaired) electrons. The van der Waals surface area contributed by atoms with Crippen molar-refractivity contribution < 1.29 is 18.0 Å². The number of carbonyl (C=O) groups is 1. The van der Waals surface area contributed by atoms with E-state index in [4.69, 9.17) is 0 Å². The fourth-order valence-corrected chi connectivity index (χ4v) is 2.57. The van der Waals surface area contributed by atoms with Gasteiger partial charge in [-0.15, -0.1) is 0 Å². The molecule has 3 rings (SSSR count). The van der Waals surface area contributed by atoms with Gasteiger partial charge >= 0.3 is 6.18 Å². The lowest BCUT2D eigenvalue weighted by Crippen LogP contribution is -2.13. The standard InChI is InChI=1S/C19H16F3N3O/c1-2-25-17(13-7-6-8-14(11-13)19(20,21)22)12-16(24-25)18(26)23-15-9-4-3-5-10-15/h3-12H,2H2,1H3,(H,23,26). The number of alkyl halides is 3. The minimum absolute atomic E-state index is 0.142. The summed E-state index contributed by atoms with van der Waals surface area (Å²) in [6.45, 7) is 2.23. The number of amides is 1. The minimum Gasteiger partial charge on any atom is -0.321 e. The van der Waals surface area contributed by atoms with Gasteiger partial charge in [-0.2, -0.15) is 18.3 Å². The van der Waals surface area contributed by atoms with Gasteiger partial charge in [0, 0.05) is 17.8 Å². The van der Waals surface area contributed by atoms with Crippen molar-refractivity contribution in [1.82, 2.24) is 9.78 Å². The van der Waals surface area contributed by atoms with Gasteiger partial charge < -0.3 is 5.32 Å². The molecule has 0 saturated carbocycles. The number of anilines is 1. The number of nitrogens with one attached hydrogen (secondary N) is 1. The Morgan fingerprint density at radius 1 is 1.08 bits per heavy atom. The molecule has 4 nitrogen and oxygen atoms in total.